The Hall–Kier alpha value is -0.940. The molecule has 1 heterocycles. The molecule has 0 aliphatic rings. The number of aromatic nitrogens is 2. The zero-order valence-electron chi connectivity index (χ0n) is 9.15. The van der Waals surface area contributed by atoms with Crippen molar-refractivity contribution in [1.29, 1.82) is 0 Å². The Balaban J connectivity index is 2.22. The Bertz CT molecular complexity index is 563. The number of aryl methyl sites for hydroxylation is 1. The maximum Gasteiger partial charge on any atom is 0.168 e. The molecule has 0 N–H and O–H groups in total. The van der Waals surface area contributed by atoms with E-state index in [1.807, 2.05) is 31.4 Å². The Morgan fingerprint density at radius 3 is 2.82 bits per heavy atom. The summed E-state index contributed by atoms with van der Waals surface area (Å²) in [6.45, 7) is 0. The molecule has 17 heavy (non-hydrogen) atoms. The lowest BCUT2D eigenvalue weighted by atomic mass is 10.1. The summed E-state index contributed by atoms with van der Waals surface area (Å²) in [4.78, 5) is 12.1. The van der Waals surface area contributed by atoms with E-state index >= 15 is 0 Å². The highest BCUT2D eigenvalue weighted by molar-refractivity contribution is 9.11. The van der Waals surface area contributed by atoms with E-state index in [0.717, 1.165) is 14.5 Å². The van der Waals surface area contributed by atoms with Gasteiger partial charge in [0, 0.05) is 34.2 Å². The number of benzene rings is 1. The first kappa shape index (κ1) is 12.5. The lowest BCUT2D eigenvalue weighted by Crippen LogP contribution is -2.04. The second kappa shape index (κ2) is 5.14. The third-order valence-corrected chi connectivity index (χ3v) is 3.54. The number of carbonyl (C=O) groups is 1. The predicted octanol–water partition coefficient (Wildman–Crippen LogP) is 3.37. The first-order chi connectivity index (χ1) is 8.06. The van der Waals surface area contributed by atoms with Gasteiger partial charge in [0.1, 0.15) is 0 Å². The minimum absolute atomic E-state index is 0.0752. The van der Waals surface area contributed by atoms with Gasteiger partial charge in [-0.15, -0.1) is 0 Å². The lowest BCUT2D eigenvalue weighted by molar-refractivity contribution is 0.0992. The molecule has 0 aliphatic carbocycles. The van der Waals surface area contributed by atoms with Crippen LogP contribution in [0, 0.1) is 0 Å². The molecule has 88 valence electrons. The first-order valence-electron chi connectivity index (χ1n) is 5.02. The van der Waals surface area contributed by atoms with Crippen molar-refractivity contribution in [3.05, 3.63) is 50.7 Å². The van der Waals surface area contributed by atoms with Gasteiger partial charge in [0.15, 0.2) is 5.78 Å². The van der Waals surface area contributed by atoms with Crippen LogP contribution in [-0.4, -0.2) is 15.6 Å². The fourth-order valence-corrected chi connectivity index (χ4v) is 2.38. The van der Waals surface area contributed by atoms with E-state index in [9.17, 15) is 4.79 Å². The van der Waals surface area contributed by atoms with Crippen LogP contribution in [0.2, 0.25) is 0 Å². The van der Waals surface area contributed by atoms with Gasteiger partial charge < -0.3 is 0 Å². The number of ketones is 1. The molecular weight excluding hydrogens is 348 g/mol. The van der Waals surface area contributed by atoms with E-state index in [0.29, 0.717) is 12.0 Å². The largest absolute Gasteiger partial charge is 0.294 e. The van der Waals surface area contributed by atoms with Crippen LogP contribution in [0.25, 0.3) is 0 Å². The molecule has 0 bridgehead atoms. The van der Waals surface area contributed by atoms with Crippen molar-refractivity contribution in [2.75, 3.05) is 0 Å². The Labute approximate surface area is 116 Å². The quantitative estimate of drug-likeness (QED) is 0.789. The third-order valence-electron chi connectivity index (χ3n) is 2.35. The highest BCUT2D eigenvalue weighted by atomic mass is 79.9. The standard InChI is InChI=1S/C12H10Br2N2O/c1-16-7-8(6-15-16)4-12(17)10-5-9(13)2-3-11(10)14/h2-3,5-7H,4H2,1H3. The van der Waals surface area contributed by atoms with Gasteiger partial charge >= 0.3 is 0 Å². The van der Waals surface area contributed by atoms with E-state index in [2.05, 4.69) is 37.0 Å². The van der Waals surface area contributed by atoms with Gasteiger partial charge in [0.05, 0.1) is 6.20 Å². The molecule has 2 rings (SSSR count). The van der Waals surface area contributed by atoms with E-state index in [1.165, 1.54) is 0 Å². The zero-order valence-corrected chi connectivity index (χ0v) is 12.3. The normalized spacial score (nSPS) is 10.5. The fraction of sp³-hybridized carbons (Fsp3) is 0.167. The summed E-state index contributed by atoms with van der Waals surface area (Å²) in [5.41, 5.74) is 1.60. The number of hydrogen-bond donors (Lipinski definition) is 0. The minimum Gasteiger partial charge on any atom is -0.294 e. The monoisotopic (exact) mass is 356 g/mol. The summed E-state index contributed by atoms with van der Waals surface area (Å²) in [6, 6.07) is 5.58. The Morgan fingerprint density at radius 2 is 2.18 bits per heavy atom. The van der Waals surface area contributed by atoms with Crippen molar-refractivity contribution in [3.8, 4) is 0 Å². The van der Waals surface area contributed by atoms with E-state index in [1.54, 1.807) is 10.9 Å². The molecule has 3 nitrogen and oxygen atoms in total. The lowest BCUT2D eigenvalue weighted by Gasteiger charge is -2.03. The second-order valence-electron chi connectivity index (χ2n) is 3.75. The summed E-state index contributed by atoms with van der Waals surface area (Å²) >= 11 is 6.75. The second-order valence-corrected chi connectivity index (χ2v) is 5.52. The Kier molecular flexibility index (Phi) is 3.79. The number of carbonyl (C=O) groups excluding carboxylic acids is 1. The Morgan fingerprint density at radius 1 is 1.41 bits per heavy atom. The third kappa shape index (κ3) is 3.04. The SMILES string of the molecule is Cn1cc(CC(=O)c2cc(Br)ccc2Br)cn1. The highest BCUT2D eigenvalue weighted by Crippen LogP contribution is 2.23. The van der Waals surface area contributed by atoms with Crippen molar-refractivity contribution < 1.29 is 4.79 Å². The van der Waals surface area contributed by atoms with Gasteiger partial charge in [-0.1, -0.05) is 31.9 Å². The van der Waals surface area contributed by atoms with Crippen LogP contribution < -0.4 is 0 Å². The van der Waals surface area contributed by atoms with Gasteiger partial charge in [-0.2, -0.15) is 5.10 Å². The zero-order chi connectivity index (χ0) is 12.4. The van der Waals surface area contributed by atoms with Crippen LogP contribution in [0.4, 0.5) is 0 Å². The van der Waals surface area contributed by atoms with Crippen molar-refractivity contribution in [3.63, 3.8) is 0 Å². The molecule has 5 heteroatoms. The molecule has 0 saturated carbocycles. The van der Waals surface area contributed by atoms with Gasteiger partial charge in [0.25, 0.3) is 0 Å². The summed E-state index contributed by atoms with van der Waals surface area (Å²) in [6.07, 6.45) is 3.93. The fourth-order valence-electron chi connectivity index (χ4n) is 1.55. The number of halogens is 2. The minimum atomic E-state index is 0.0752. The topological polar surface area (TPSA) is 34.9 Å². The number of rotatable bonds is 3. The summed E-state index contributed by atoms with van der Waals surface area (Å²) in [7, 11) is 1.84. The summed E-state index contributed by atoms with van der Waals surface area (Å²) in [5.74, 6) is 0.0752. The number of nitrogens with zero attached hydrogens (tertiary/aromatic N) is 2. The maximum atomic E-state index is 12.1. The highest BCUT2D eigenvalue weighted by Gasteiger charge is 2.12. The van der Waals surface area contributed by atoms with Crippen LogP contribution in [0.3, 0.4) is 0 Å². The molecule has 0 fully saturated rings. The van der Waals surface area contributed by atoms with Crippen molar-refractivity contribution in [2.24, 2.45) is 7.05 Å². The van der Waals surface area contributed by atoms with Crippen LogP contribution in [0.5, 0.6) is 0 Å². The summed E-state index contributed by atoms with van der Waals surface area (Å²) in [5, 5.41) is 4.05. The van der Waals surface area contributed by atoms with E-state index < -0.39 is 0 Å². The molecule has 0 unspecified atom stereocenters. The molecular formula is C12H10Br2N2O. The van der Waals surface area contributed by atoms with Crippen LogP contribution in [0.1, 0.15) is 15.9 Å². The van der Waals surface area contributed by atoms with Gasteiger partial charge in [-0.3, -0.25) is 9.48 Å². The van der Waals surface area contributed by atoms with Gasteiger partial charge in [-0.05, 0) is 23.8 Å². The predicted molar refractivity (Wildman–Crippen MR) is 73.1 cm³/mol. The molecule has 0 atom stereocenters. The van der Waals surface area contributed by atoms with Crippen molar-refractivity contribution >= 4 is 37.6 Å². The smallest absolute Gasteiger partial charge is 0.168 e. The van der Waals surface area contributed by atoms with Gasteiger partial charge in [-0.25, -0.2) is 0 Å². The van der Waals surface area contributed by atoms with Crippen LogP contribution in [-0.2, 0) is 13.5 Å². The molecule has 0 aliphatic heterocycles. The first-order valence-corrected chi connectivity index (χ1v) is 6.60. The molecule has 0 amide bonds. The van der Waals surface area contributed by atoms with E-state index in [-0.39, 0.29) is 5.78 Å². The number of hydrogen-bond acceptors (Lipinski definition) is 2. The van der Waals surface area contributed by atoms with Crippen LogP contribution in [0.15, 0.2) is 39.5 Å². The molecule has 0 saturated heterocycles. The molecule has 1 aromatic heterocycles. The van der Waals surface area contributed by atoms with Crippen molar-refractivity contribution in [2.45, 2.75) is 6.42 Å². The number of Topliss-reactive ketones (excluding diaryl/α,β-unsaturated/α-hetero) is 1. The molecule has 0 radical (unpaired) electrons. The molecule has 0 spiro atoms. The van der Waals surface area contributed by atoms with Gasteiger partial charge in [0.2, 0.25) is 0 Å². The molecule has 1 aromatic carbocycles. The average Bonchev–Trinajstić information content (AvgIpc) is 2.67. The summed E-state index contributed by atoms with van der Waals surface area (Å²) < 4.78 is 3.41. The maximum absolute atomic E-state index is 12.1. The average molecular weight is 358 g/mol. The van der Waals surface area contributed by atoms with E-state index in [4.69, 9.17) is 0 Å². The van der Waals surface area contributed by atoms with Crippen molar-refractivity contribution in [1.82, 2.24) is 9.78 Å². The van der Waals surface area contributed by atoms with Crippen LogP contribution >= 0.6 is 31.9 Å². The molecule has 2 aromatic rings.